The number of hydrogen-bond acceptors (Lipinski definition) is 4. The van der Waals surface area contributed by atoms with Crippen LogP contribution in [0.1, 0.15) is 36.5 Å². The number of amides is 1. The molecule has 3 heterocycles. The summed E-state index contributed by atoms with van der Waals surface area (Å²) in [6.07, 6.45) is 9.97. The average Bonchev–Trinajstić information content (AvgIpc) is 3.09. The van der Waals surface area contributed by atoms with Crippen molar-refractivity contribution >= 4 is 5.91 Å². The van der Waals surface area contributed by atoms with Crippen molar-refractivity contribution in [3.05, 3.63) is 42.6 Å². The molecular formula is C16H21N5O. The fraction of sp³-hybridized carbons (Fsp3) is 0.438. The molecule has 6 nitrogen and oxygen atoms in total. The Kier molecular flexibility index (Phi) is 4.20. The van der Waals surface area contributed by atoms with Gasteiger partial charge in [-0.15, -0.1) is 0 Å². The van der Waals surface area contributed by atoms with E-state index in [9.17, 15) is 4.79 Å². The van der Waals surface area contributed by atoms with E-state index in [4.69, 9.17) is 5.73 Å². The van der Waals surface area contributed by atoms with Gasteiger partial charge in [0.15, 0.2) is 0 Å². The van der Waals surface area contributed by atoms with Crippen LogP contribution in [0, 0.1) is 0 Å². The lowest BCUT2D eigenvalue weighted by atomic mass is 9.96. The molecule has 22 heavy (non-hydrogen) atoms. The van der Waals surface area contributed by atoms with Gasteiger partial charge in [-0.1, -0.05) is 0 Å². The number of imidazole rings is 1. The molecule has 0 aromatic carbocycles. The molecule has 3 rings (SSSR count). The SMILES string of the molecule is C[C@@H](N)[C@H]1CCCCN1C(=O)c1ccnc(-n2ccnc2)c1. The van der Waals surface area contributed by atoms with Crippen LogP contribution in [0.25, 0.3) is 5.82 Å². The first-order valence-corrected chi connectivity index (χ1v) is 7.68. The minimum atomic E-state index is -0.0146. The van der Waals surface area contributed by atoms with Gasteiger partial charge in [0.2, 0.25) is 0 Å². The molecule has 116 valence electrons. The van der Waals surface area contributed by atoms with E-state index >= 15 is 0 Å². The molecule has 2 aromatic heterocycles. The molecule has 1 amide bonds. The van der Waals surface area contributed by atoms with Gasteiger partial charge in [0.1, 0.15) is 12.1 Å². The maximum atomic E-state index is 12.9. The minimum Gasteiger partial charge on any atom is -0.334 e. The van der Waals surface area contributed by atoms with Crippen molar-refractivity contribution < 1.29 is 4.79 Å². The number of nitrogens with two attached hydrogens (primary N) is 1. The van der Waals surface area contributed by atoms with Crippen molar-refractivity contribution in [2.75, 3.05) is 6.54 Å². The summed E-state index contributed by atoms with van der Waals surface area (Å²) in [5.41, 5.74) is 6.71. The normalized spacial score (nSPS) is 19.9. The molecule has 2 atom stereocenters. The summed E-state index contributed by atoms with van der Waals surface area (Å²) in [5, 5.41) is 0. The first-order valence-electron chi connectivity index (χ1n) is 7.68. The van der Waals surface area contributed by atoms with E-state index in [1.165, 1.54) is 0 Å². The Labute approximate surface area is 130 Å². The number of likely N-dealkylation sites (tertiary alicyclic amines) is 1. The molecule has 1 aliphatic rings. The second-order valence-electron chi connectivity index (χ2n) is 5.79. The molecule has 6 heteroatoms. The number of carbonyl (C=O) groups excluding carboxylic acids is 1. The molecule has 1 fully saturated rings. The second-order valence-corrected chi connectivity index (χ2v) is 5.79. The quantitative estimate of drug-likeness (QED) is 0.934. The number of piperidine rings is 1. The highest BCUT2D eigenvalue weighted by Gasteiger charge is 2.29. The predicted octanol–water partition coefficient (Wildman–Crippen LogP) is 1.61. The van der Waals surface area contributed by atoms with Crippen molar-refractivity contribution in [1.29, 1.82) is 0 Å². The monoisotopic (exact) mass is 299 g/mol. The van der Waals surface area contributed by atoms with E-state index in [2.05, 4.69) is 9.97 Å². The fourth-order valence-electron chi connectivity index (χ4n) is 3.01. The standard InChI is InChI=1S/C16H21N5O/c1-12(17)14-4-2-3-8-21(14)16(22)13-5-6-19-15(10-13)20-9-7-18-11-20/h5-7,9-12,14H,2-4,8,17H2,1H3/t12-,14-/m1/s1. The van der Waals surface area contributed by atoms with Crippen LogP contribution in [0.3, 0.4) is 0 Å². The number of rotatable bonds is 3. The lowest BCUT2D eigenvalue weighted by Gasteiger charge is -2.38. The van der Waals surface area contributed by atoms with E-state index in [0.29, 0.717) is 11.4 Å². The first kappa shape index (κ1) is 14.7. The average molecular weight is 299 g/mol. The Bertz CT molecular complexity index is 638. The van der Waals surface area contributed by atoms with E-state index in [-0.39, 0.29) is 18.0 Å². The summed E-state index contributed by atoms with van der Waals surface area (Å²) >= 11 is 0. The zero-order valence-electron chi connectivity index (χ0n) is 12.7. The molecule has 2 aromatic rings. The van der Waals surface area contributed by atoms with Gasteiger partial charge in [-0.05, 0) is 38.3 Å². The summed E-state index contributed by atoms with van der Waals surface area (Å²) in [6.45, 7) is 2.74. The topological polar surface area (TPSA) is 77.0 Å². The molecule has 2 N–H and O–H groups in total. The maximum absolute atomic E-state index is 12.9. The summed E-state index contributed by atoms with van der Waals surface area (Å²) in [4.78, 5) is 23.1. The molecule has 1 aliphatic heterocycles. The van der Waals surface area contributed by atoms with Crippen molar-refractivity contribution in [2.24, 2.45) is 5.73 Å². The Morgan fingerprint density at radius 3 is 3.00 bits per heavy atom. The molecule has 0 bridgehead atoms. The van der Waals surface area contributed by atoms with Gasteiger partial charge in [-0.2, -0.15) is 0 Å². The third kappa shape index (κ3) is 2.87. The molecule has 0 saturated carbocycles. The van der Waals surface area contributed by atoms with Gasteiger partial charge in [-0.25, -0.2) is 9.97 Å². The van der Waals surface area contributed by atoms with E-state index in [1.54, 1.807) is 35.4 Å². The van der Waals surface area contributed by atoms with E-state index in [1.807, 2.05) is 18.0 Å². The second kappa shape index (κ2) is 6.27. The zero-order valence-corrected chi connectivity index (χ0v) is 12.7. The molecule has 0 aliphatic carbocycles. The first-order chi connectivity index (χ1) is 10.7. The summed E-state index contributed by atoms with van der Waals surface area (Å²) in [7, 11) is 0. The predicted molar refractivity (Wildman–Crippen MR) is 83.7 cm³/mol. The van der Waals surface area contributed by atoms with Crippen molar-refractivity contribution in [2.45, 2.75) is 38.3 Å². The molecule has 1 saturated heterocycles. The van der Waals surface area contributed by atoms with Crippen LogP contribution in [-0.2, 0) is 0 Å². The molecular weight excluding hydrogens is 278 g/mol. The smallest absolute Gasteiger partial charge is 0.254 e. The van der Waals surface area contributed by atoms with Crippen LogP contribution in [0.2, 0.25) is 0 Å². The number of pyridine rings is 1. The Morgan fingerprint density at radius 2 is 2.27 bits per heavy atom. The van der Waals surface area contributed by atoms with E-state index in [0.717, 1.165) is 25.8 Å². The van der Waals surface area contributed by atoms with Crippen LogP contribution in [0.15, 0.2) is 37.1 Å². The Morgan fingerprint density at radius 1 is 1.41 bits per heavy atom. The third-order valence-corrected chi connectivity index (χ3v) is 4.18. The highest BCUT2D eigenvalue weighted by Crippen LogP contribution is 2.22. The Hall–Kier alpha value is -2.21. The lowest BCUT2D eigenvalue weighted by Crippen LogP contribution is -2.51. The summed E-state index contributed by atoms with van der Waals surface area (Å²) in [5.74, 6) is 0.725. The lowest BCUT2D eigenvalue weighted by molar-refractivity contribution is 0.0583. The maximum Gasteiger partial charge on any atom is 0.254 e. The molecule has 0 spiro atoms. The van der Waals surface area contributed by atoms with Crippen LogP contribution in [0.4, 0.5) is 0 Å². The van der Waals surface area contributed by atoms with Crippen LogP contribution in [0.5, 0.6) is 0 Å². The van der Waals surface area contributed by atoms with Gasteiger partial charge in [0.25, 0.3) is 5.91 Å². The van der Waals surface area contributed by atoms with E-state index < -0.39 is 0 Å². The summed E-state index contributed by atoms with van der Waals surface area (Å²) in [6, 6.07) is 3.66. The summed E-state index contributed by atoms with van der Waals surface area (Å²) < 4.78 is 1.79. The minimum absolute atomic E-state index is 0.0146. The van der Waals surface area contributed by atoms with Crippen LogP contribution >= 0.6 is 0 Å². The van der Waals surface area contributed by atoms with Crippen molar-refractivity contribution in [3.63, 3.8) is 0 Å². The van der Waals surface area contributed by atoms with Gasteiger partial charge < -0.3 is 10.6 Å². The van der Waals surface area contributed by atoms with Crippen LogP contribution in [-0.4, -0.2) is 44.0 Å². The van der Waals surface area contributed by atoms with Gasteiger partial charge >= 0.3 is 0 Å². The highest BCUT2D eigenvalue weighted by atomic mass is 16.2. The third-order valence-electron chi connectivity index (χ3n) is 4.18. The molecule has 0 radical (unpaired) electrons. The number of nitrogens with zero attached hydrogens (tertiary/aromatic N) is 4. The number of aromatic nitrogens is 3. The number of hydrogen-bond donors (Lipinski definition) is 1. The fourth-order valence-corrected chi connectivity index (χ4v) is 3.01. The van der Waals surface area contributed by atoms with Gasteiger partial charge in [0, 0.05) is 42.8 Å². The van der Waals surface area contributed by atoms with Crippen LogP contribution < -0.4 is 5.73 Å². The van der Waals surface area contributed by atoms with Crippen molar-refractivity contribution in [1.82, 2.24) is 19.4 Å². The zero-order chi connectivity index (χ0) is 15.5. The molecule has 0 unspecified atom stereocenters. The van der Waals surface area contributed by atoms with Crippen molar-refractivity contribution in [3.8, 4) is 5.82 Å². The van der Waals surface area contributed by atoms with Gasteiger partial charge in [-0.3, -0.25) is 9.36 Å². The highest BCUT2D eigenvalue weighted by molar-refractivity contribution is 5.94. The Balaban J connectivity index is 1.86. The number of carbonyl (C=O) groups is 1. The largest absolute Gasteiger partial charge is 0.334 e. The van der Waals surface area contributed by atoms with Gasteiger partial charge in [0.05, 0.1) is 0 Å².